The van der Waals surface area contributed by atoms with Gasteiger partial charge in [-0.1, -0.05) is 47.5 Å². The number of aromatic amines is 1. The number of halogens is 2. The molecule has 0 bridgehead atoms. The second-order valence-corrected chi connectivity index (χ2v) is 8.69. The third kappa shape index (κ3) is 5.90. The number of H-pyrrole nitrogens is 1. The molecule has 1 heterocycles. The lowest BCUT2D eigenvalue weighted by Crippen LogP contribution is -2.16. The first kappa shape index (κ1) is 24.9. The largest absolute Gasteiger partial charge is 0.496 e. The molecule has 182 valence electrons. The normalized spacial score (nSPS) is 10.7. The molecule has 7 nitrogen and oxygen atoms in total. The molecule has 3 aromatic carbocycles. The summed E-state index contributed by atoms with van der Waals surface area (Å²) in [5.41, 5.74) is 5.95. The van der Waals surface area contributed by atoms with Crippen LogP contribution in [-0.4, -0.2) is 28.6 Å². The molecule has 0 saturated carbocycles. The van der Waals surface area contributed by atoms with E-state index >= 15 is 0 Å². The van der Waals surface area contributed by atoms with Crippen molar-refractivity contribution >= 4 is 35.4 Å². The molecule has 0 amide bonds. The van der Waals surface area contributed by atoms with E-state index in [2.05, 4.69) is 15.6 Å². The van der Waals surface area contributed by atoms with Gasteiger partial charge in [0.15, 0.2) is 17.3 Å². The van der Waals surface area contributed by atoms with Crippen LogP contribution in [0.5, 0.6) is 17.2 Å². The van der Waals surface area contributed by atoms with Gasteiger partial charge < -0.3 is 19.6 Å². The van der Waals surface area contributed by atoms with E-state index in [1.807, 2.05) is 55.5 Å². The topological polar surface area (TPSA) is 73.3 Å². The Morgan fingerprint density at radius 3 is 2.60 bits per heavy atom. The Bertz CT molecular complexity index is 1370. The maximum atomic E-state index is 6.27. The van der Waals surface area contributed by atoms with Crippen LogP contribution < -0.4 is 19.6 Å². The molecule has 4 rings (SSSR count). The second-order valence-electron chi connectivity index (χ2n) is 7.46. The van der Waals surface area contributed by atoms with Gasteiger partial charge in [-0.25, -0.2) is 9.77 Å². The van der Waals surface area contributed by atoms with Gasteiger partial charge in [-0.3, -0.25) is 0 Å². The maximum Gasteiger partial charge on any atom is 0.214 e. The highest BCUT2D eigenvalue weighted by molar-refractivity contribution is 7.71. The van der Waals surface area contributed by atoms with E-state index in [0.717, 1.165) is 16.7 Å². The molecule has 0 fully saturated rings. The summed E-state index contributed by atoms with van der Waals surface area (Å²) in [4.78, 5) is 0. The number of hydrogen-bond acceptors (Lipinski definition) is 6. The molecule has 4 aromatic rings. The first-order chi connectivity index (χ1) is 17.0. The van der Waals surface area contributed by atoms with Gasteiger partial charge in [0.1, 0.15) is 12.4 Å². The highest BCUT2D eigenvalue weighted by atomic mass is 35.5. The number of methoxy groups -OCH3 is 1. The maximum absolute atomic E-state index is 6.27. The van der Waals surface area contributed by atoms with Crippen molar-refractivity contribution in [1.29, 1.82) is 0 Å². The lowest BCUT2D eigenvalue weighted by Gasteiger charge is -2.15. The fourth-order valence-electron chi connectivity index (χ4n) is 3.47. The van der Waals surface area contributed by atoms with Gasteiger partial charge in [-0.15, -0.1) is 0 Å². The van der Waals surface area contributed by atoms with Gasteiger partial charge in [-0.2, -0.15) is 5.10 Å². The molecule has 0 radical (unpaired) electrons. The van der Waals surface area contributed by atoms with E-state index in [9.17, 15) is 0 Å². The van der Waals surface area contributed by atoms with Crippen molar-refractivity contribution in [3.63, 3.8) is 0 Å². The van der Waals surface area contributed by atoms with Crippen LogP contribution in [0.25, 0.3) is 11.4 Å². The Kier molecular flexibility index (Phi) is 8.17. The number of ether oxygens (including phenoxy) is 3. The van der Waals surface area contributed by atoms with E-state index in [4.69, 9.17) is 49.6 Å². The summed E-state index contributed by atoms with van der Waals surface area (Å²) < 4.78 is 19.5. The Labute approximate surface area is 218 Å². The molecule has 0 spiro atoms. The summed E-state index contributed by atoms with van der Waals surface area (Å²) in [6, 6.07) is 18.7. The smallest absolute Gasteiger partial charge is 0.214 e. The van der Waals surface area contributed by atoms with Crippen molar-refractivity contribution in [1.82, 2.24) is 14.9 Å². The molecule has 0 atom stereocenters. The lowest BCUT2D eigenvalue weighted by atomic mass is 10.2. The number of benzene rings is 3. The minimum absolute atomic E-state index is 0.292. The molecule has 0 saturated heterocycles. The zero-order chi connectivity index (χ0) is 24.8. The van der Waals surface area contributed by atoms with Gasteiger partial charge in [0.2, 0.25) is 4.77 Å². The van der Waals surface area contributed by atoms with Crippen molar-refractivity contribution in [2.24, 2.45) is 0 Å². The van der Waals surface area contributed by atoms with Crippen molar-refractivity contribution in [2.75, 3.05) is 19.1 Å². The van der Waals surface area contributed by atoms with E-state index in [1.165, 1.54) is 0 Å². The summed E-state index contributed by atoms with van der Waals surface area (Å²) in [5.74, 6) is 2.58. The molecule has 35 heavy (non-hydrogen) atoms. The summed E-state index contributed by atoms with van der Waals surface area (Å²) in [6.45, 7) is 3.19. The molecule has 0 aliphatic carbocycles. The predicted molar refractivity (Wildman–Crippen MR) is 141 cm³/mol. The summed E-state index contributed by atoms with van der Waals surface area (Å²) in [5, 5.41) is 8.35. The Hall–Kier alpha value is -3.20. The van der Waals surface area contributed by atoms with Gasteiger partial charge in [-0.05, 0) is 61.1 Å². The minimum atomic E-state index is 0.292. The number of nitrogens with zero attached hydrogens (tertiary/aromatic N) is 2. The molecule has 0 aliphatic rings. The standard InChI is InChI=1S/C25H24Cl2N4O3S/c1-3-33-23-12-16(8-11-22(23)34-15-17-9-10-18(26)13-20(17)27)14-28-31-24(29-30-25(31)35)19-6-4-5-7-21(19)32-2/h4-13,28H,3,14-15H2,1-2H3,(H,30,35). The molecule has 1 aromatic heterocycles. The van der Waals surface area contributed by atoms with Crippen LogP contribution in [-0.2, 0) is 13.2 Å². The summed E-state index contributed by atoms with van der Waals surface area (Å²) in [6.07, 6.45) is 0. The van der Waals surface area contributed by atoms with Crippen molar-refractivity contribution in [2.45, 2.75) is 20.1 Å². The molecule has 0 unspecified atom stereocenters. The van der Waals surface area contributed by atoms with E-state index in [0.29, 0.717) is 57.6 Å². The molecular formula is C25H24Cl2N4O3S. The van der Waals surface area contributed by atoms with Crippen LogP contribution in [0.1, 0.15) is 18.1 Å². The fraction of sp³-hybridized carbons (Fsp3) is 0.200. The monoisotopic (exact) mass is 530 g/mol. The van der Waals surface area contributed by atoms with Crippen molar-refractivity contribution in [3.05, 3.63) is 86.6 Å². The highest BCUT2D eigenvalue weighted by Crippen LogP contribution is 2.31. The third-order valence-corrected chi connectivity index (χ3v) is 6.03. The van der Waals surface area contributed by atoms with Gasteiger partial charge in [0, 0.05) is 15.6 Å². The minimum Gasteiger partial charge on any atom is -0.496 e. The van der Waals surface area contributed by atoms with Crippen molar-refractivity contribution < 1.29 is 14.2 Å². The predicted octanol–water partition coefficient (Wildman–Crippen LogP) is 6.64. The Morgan fingerprint density at radius 1 is 1.00 bits per heavy atom. The number of para-hydroxylation sites is 1. The second kappa shape index (κ2) is 11.5. The van der Waals surface area contributed by atoms with Crippen LogP contribution in [0.4, 0.5) is 0 Å². The van der Waals surface area contributed by atoms with Crippen LogP contribution in [0, 0.1) is 4.77 Å². The van der Waals surface area contributed by atoms with Crippen LogP contribution in [0.3, 0.4) is 0 Å². The molecule has 2 N–H and O–H groups in total. The van der Waals surface area contributed by atoms with Crippen LogP contribution in [0.15, 0.2) is 60.7 Å². The first-order valence-corrected chi connectivity index (χ1v) is 12.0. The van der Waals surface area contributed by atoms with E-state index in [-0.39, 0.29) is 0 Å². The molecule has 0 aliphatic heterocycles. The molecule has 10 heteroatoms. The highest BCUT2D eigenvalue weighted by Gasteiger charge is 2.14. The van der Waals surface area contributed by atoms with E-state index < -0.39 is 0 Å². The van der Waals surface area contributed by atoms with Crippen LogP contribution >= 0.6 is 35.4 Å². The fourth-order valence-corrected chi connectivity index (χ4v) is 4.13. The number of rotatable bonds is 10. The Morgan fingerprint density at radius 2 is 1.83 bits per heavy atom. The number of nitrogens with one attached hydrogen (secondary N) is 2. The Balaban J connectivity index is 1.51. The van der Waals surface area contributed by atoms with Crippen molar-refractivity contribution in [3.8, 4) is 28.6 Å². The SMILES string of the molecule is CCOc1cc(CNn2c(-c3ccccc3OC)n[nH]c2=S)ccc1OCc1ccc(Cl)cc1Cl. The summed E-state index contributed by atoms with van der Waals surface area (Å²) in [7, 11) is 1.62. The first-order valence-electron chi connectivity index (χ1n) is 10.9. The van der Waals surface area contributed by atoms with Gasteiger partial charge >= 0.3 is 0 Å². The lowest BCUT2D eigenvalue weighted by molar-refractivity contribution is 0.269. The van der Waals surface area contributed by atoms with Crippen LogP contribution in [0.2, 0.25) is 10.0 Å². The number of hydrogen-bond donors (Lipinski definition) is 2. The average Bonchev–Trinajstić information content (AvgIpc) is 3.23. The summed E-state index contributed by atoms with van der Waals surface area (Å²) >= 11 is 17.7. The third-order valence-electron chi connectivity index (χ3n) is 5.17. The zero-order valence-corrected chi connectivity index (χ0v) is 21.5. The number of aromatic nitrogens is 3. The van der Waals surface area contributed by atoms with E-state index in [1.54, 1.807) is 23.9 Å². The zero-order valence-electron chi connectivity index (χ0n) is 19.2. The quantitative estimate of drug-likeness (QED) is 0.224. The average molecular weight is 531 g/mol. The van der Waals surface area contributed by atoms with Gasteiger partial charge in [0.25, 0.3) is 0 Å². The molecular weight excluding hydrogens is 507 g/mol. The van der Waals surface area contributed by atoms with Gasteiger partial charge in [0.05, 0.1) is 25.8 Å².